The minimum atomic E-state index is -1.03. The van der Waals surface area contributed by atoms with Crippen molar-refractivity contribution in [1.29, 1.82) is 0 Å². The Morgan fingerprint density at radius 2 is 2.15 bits per heavy atom. The molecule has 0 amide bonds. The lowest BCUT2D eigenvalue weighted by molar-refractivity contribution is 0.197. The molecule has 0 aliphatic carbocycles. The minimum absolute atomic E-state index is 0.0978. The second-order valence-electron chi connectivity index (χ2n) is 3.95. The van der Waals surface area contributed by atoms with E-state index in [0.717, 1.165) is 9.95 Å². The fourth-order valence-electron chi connectivity index (χ4n) is 1.85. The van der Waals surface area contributed by atoms with E-state index in [0.29, 0.717) is 17.1 Å². The Hall–Kier alpha value is -2.60. The Bertz CT molecular complexity index is 800. The second kappa shape index (κ2) is 4.82. The van der Waals surface area contributed by atoms with Gasteiger partial charge in [-0.2, -0.15) is 4.98 Å². The van der Waals surface area contributed by atoms with Crippen molar-refractivity contribution in [2.45, 2.75) is 0 Å². The molecule has 3 rings (SSSR count). The van der Waals surface area contributed by atoms with Crippen LogP contribution in [0.2, 0.25) is 5.28 Å². The highest BCUT2D eigenvalue weighted by Gasteiger charge is 2.08. The molecule has 0 atom stereocenters. The molecule has 7 heteroatoms. The van der Waals surface area contributed by atoms with Gasteiger partial charge in [-0.3, -0.25) is 4.57 Å². The Labute approximate surface area is 118 Å². The van der Waals surface area contributed by atoms with Crippen molar-refractivity contribution in [1.82, 2.24) is 14.5 Å². The number of nitrogens with zero attached hydrogens (tertiary/aromatic N) is 3. The van der Waals surface area contributed by atoms with Crippen LogP contribution in [0.25, 0.3) is 10.9 Å². The summed E-state index contributed by atoms with van der Waals surface area (Å²) < 4.78 is 6.68. The molecule has 0 aliphatic rings. The van der Waals surface area contributed by atoms with Gasteiger partial charge in [0.05, 0.1) is 5.52 Å². The number of carbonyl (C=O) groups is 1. The van der Waals surface area contributed by atoms with Crippen LogP contribution in [0, 0.1) is 0 Å². The predicted octanol–water partition coefficient (Wildman–Crippen LogP) is 3.40. The maximum atomic E-state index is 11.0. The van der Waals surface area contributed by atoms with Crippen molar-refractivity contribution in [3.63, 3.8) is 0 Å². The zero-order valence-electron chi connectivity index (χ0n) is 10.0. The normalized spacial score (nSPS) is 10.7. The highest BCUT2D eigenvalue weighted by atomic mass is 35.5. The molecule has 1 N–H and O–H groups in total. The molecular weight excluding hydrogens is 282 g/mol. The van der Waals surface area contributed by atoms with Gasteiger partial charge in [0.25, 0.3) is 0 Å². The monoisotopic (exact) mass is 289 g/mol. The number of hydrogen-bond donors (Lipinski definition) is 1. The molecule has 0 fully saturated rings. The number of fused-ring (bicyclic) bond motifs is 1. The van der Waals surface area contributed by atoms with Gasteiger partial charge in [0.1, 0.15) is 5.75 Å². The molecule has 100 valence electrons. The Balaban J connectivity index is 1.95. The van der Waals surface area contributed by atoms with Gasteiger partial charge in [-0.25, -0.2) is 9.78 Å². The van der Waals surface area contributed by atoms with E-state index < -0.39 is 6.09 Å². The maximum Gasteiger partial charge on any atom is 0.415 e. The van der Waals surface area contributed by atoms with Gasteiger partial charge >= 0.3 is 6.09 Å². The van der Waals surface area contributed by atoms with Gasteiger partial charge in [0.15, 0.2) is 0 Å². The summed E-state index contributed by atoms with van der Waals surface area (Å²) in [4.78, 5) is 18.7. The van der Waals surface area contributed by atoms with Crippen molar-refractivity contribution in [2.24, 2.45) is 0 Å². The molecule has 2 aromatic heterocycles. The van der Waals surface area contributed by atoms with E-state index in [4.69, 9.17) is 21.4 Å². The fraction of sp³-hybridized carbons (Fsp3) is 0. The molecule has 20 heavy (non-hydrogen) atoms. The van der Waals surface area contributed by atoms with Gasteiger partial charge in [-0.15, -0.1) is 0 Å². The lowest BCUT2D eigenvalue weighted by Crippen LogP contribution is -2.05. The zero-order chi connectivity index (χ0) is 14.1. The summed E-state index contributed by atoms with van der Waals surface area (Å²) in [6.07, 6.45) is 1.94. The number of benzene rings is 1. The first-order chi connectivity index (χ1) is 9.63. The highest BCUT2D eigenvalue weighted by Crippen LogP contribution is 2.25. The number of aromatic nitrogens is 3. The minimum Gasteiger partial charge on any atom is -0.464 e. The lowest BCUT2D eigenvalue weighted by Gasteiger charge is -2.05. The number of ether oxygens (including phenoxy) is 1. The van der Waals surface area contributed by atoms with Crippen LogP contribution in [0.5, 0.6) is 11.6 Å². The highest BCUT2D eigenvalue weighted by molar-refractivity contribution is 6.28. The van der Waals surface area contributed by atoms with Crippen LogP contribution in [0.15, 0.2) is 42.7 Å². The van der Waals surface area contributed by atoms with Crippen molar-refractivity contribution in [3.8, 4) is 11.6 Å². The van der Waals surface area contributed by atoms with E-state index in [1.54, 1.807) is 30.3 Å². The lowest BCUT2D eigenvalue weighted by atomic mass is 10.2. The third kappa shape index (κ3) is 2.28. The van der Waals surface area contributed by atoms with E-state index in [1.807, 2.05) is 0 Å². The summed E-state index contributed by atoms with van der Waals surface area (Å²) in [5.74, 6) is 0.859. The van der Waals surface area contributed by atoms with Crippen molar-refractivity contribution in [3.05, 3.63) is 48.0 Å². The summed E-state index contributed by atoms with van der Waals surface area (Å²) in [6, 6.07) is 8.34. The first-order valence-electron chi connectivity index (χ1n) is 5.64. The van der Waals surface area contributed by atoms with Crippen LogP contribution in [0.4, 0.5) is 4.79 Å². The Morgan fingerprint density at radius 1 is 1.30 bits per heavy atom. The van der Waals surface area contributed by atoms with Crippen LogP contribution in [-0.4, -0.2) is 25.7 Å². The van der Waals surface area contributed by atoms with Crippen LogP contribution in [0.1, 0.15) is 0 Å². The average molecular weight is 290 g/mol. The molecule has 6 nitrogen and oxygen atoms in total. The molecular formula is C13H8ClN3O3. The van der Waals surface area contributed by atoms with E-state index in [-0.39, 0.29) is 5.28 Å². The summed E-state index contributed by atoms with van der Waals surface area (Å²) in [5.41, 5.74) is 0.588. The number of hydrogen-bond acceptors (Lipinski definition) is 4. The molecule has 0 aliphatic heterocycles. The smallest absolute Gasteiger partial charge is 0.415 e. The molecule has 2 heterocycles. The van der Waals surface area contributed by atoms with Crippen LogP contribution >= 0.6 is 11.6 Å². The van der Waals surface area contributed by atoms with E-state index >= 15 is 0 Å². The van der Waals surface area contributed by atoms with Crippen molar-refractivity contribution >= 4 is 28.6 Å². The van der Waals surface area contributed by atoms with Gasteiger partial charge in [0.2, 0.25) is 11.2 Å². The fourth-order valence-corrected chi connectivity index (χ4v) is 1.99. The maximum absolute atomic E-state index is 11.0. The topological polar surface area (TPSA) is 77.2 Å². The van der Waals surface area contributed by atoms with Crippen LogP contribution < -0.4 is 4.74 Å². The first kappa shape index (κ1) is 12.4. The molecule has 0 saturated heterocycles. The number of carboxylic acid groups (broad SMARTS) is 1. The summed E-state index contributed by atoms with van der Waals surface area (Å²) in [5, 5.41) is 9.86. The Morgan fingerprint density at radius 3 is 2.90 bits per heavy atom. The molecule has 0 unspecified atom stereocenters. The van der Waals surface area contributed by atoms with Gasteiger partial charge in [-0.1, -0.05) is 0 Å². The molecule has 3 aromatic rings. The van der Waals surface area contributed by atoms with Crippen LogP contribution in [0.3, 0.4) is 0 Å². The first-order valence-corrected chi connectivity index (χ1v) is 6.02. The summed E-state index contributed by atoms with van der Waals surface area (Å²) in [7, 11) is 0. The molecule has 1 aromatic carbocycles. The molecule has 0 radical (unpaired) electrons. The average Bonchev–Trinajstić information content (AvgIpc) is 2.82. The standard InChI is InChI=1S/C13H8ClN3O3/c14-12-15-5-3-11(16-12)20-9-1-2-10-8(7-9)4-6-17(10)13(18)19/h1-7H,(H,18,19). The van der Waals surface area contributed by atoms with Gasteiger partial charge < -0.3 is 9.84 Å². The molecule has 0 spiro atoms. The SMILES string of the molecule is O=C(O)n1ccc2cc(Oc3ccnc(Cl)n3)ccc21. The van der Waals surface area contributed by atoms with E-state index in [9.17, 15) is 4.79 Å². The predicted molar refractivity (Wildman–Crippen MR) is 72.5 cm³/mol. The summed E-state index contributed by atoms with van der Waals surface area (Å²) in [6.45, 7) is 0. The number of rotatable bonds is 2. The van der Waals surface area contributed by atoms with E-state index in [1.165, 1.54) is 12.4 Å². The van der Waals surface area contributed by atoms with Gasteiger partial charge in [-0.05, 0) is 35.9 Å². The van der Waals surface area contributed by atoms with Crippen molar-refractivity contribution in [2.75, 3.05) is 0 Å². The zero-order valence-corrected chi connectivity index (χ0v) is 10.8. The van der Waals surface area contributed by atoms with E-state index in [2.05, 4.69) is 9.97 Å². The second-order valence-corrected chi connectivity index (χ2v) is 4.29. The van der Waals surface area contributed by atoms with Crippen molar-refractivity contribution < 1.29 is 14.6 Å². The summed E-state index contributed by atoms with van der Waals surface area (Å²) >= 11 is 5.67. The van der Waals surface area contributed by atoms with Gasteiger partial charge in [0, 0.05) is 23.8 Å². The quantitative estimate of drug-likeness (QED) is 0.732. The number of halogens is 1. The third-order valence-corrected chi connectivity index (χ3v) is 2.87. The largest absolute Gasteiger partial charge is 0.464 e. The third-order valence-electron chi connectivity index (χ3n) is 2.69. The molecule has 0 saturated carbocycles. The molecule has 0 bridgehead atoms. The Kier molecular flexibility index (Phi) is 3.00. The van der Waals surface area contributed by atoms with Crippen LogP contribution in [-0.2, 0) is 0 Å².